The van der Waals surface area contributed by atoms with Gasteiger partial charge in [-0.2, -0.15) is 5.10 Å². The average Bonchev–Trinajstić information content (AvgIpc) is 2.47. The molecule has 2 aromatic rings. The zero-order valence-corrected chi connectivity index (χ0v) is 13.4. The predicted molar refractivity (Wildman–Crippen MR) is 82.2 cm³/mol. The zero-order valence-electron chi connectivity index (χ0n) is 11.9. The summed E-state index contributed by atoms with van der Waals surface area (Å²) in [5, 5.41) is 7.08. The molecule has 1 atom stereocenters. The van der Waals surface area contributed by atoms with Crippen LogP contribution in [0.15, 0.2) is 33.7 Å². The second kappa shape index (κ2) is 6.26. The van der Waals surface area contributed by atoms with Crippen molar-refractivity contribution in [1.29, 1.82) is 0 Å². The number of benzene rings is 1. The van der Waals surface area contributed by atoms with Crippen LogP contribution in [0.3, 0.4) is 0 Å². The van der Waals surface area contributed by atoms with Gasteiger partial charge in [0.25, 0.3) is 5.56 Å². The third kappa shape index (κ3) is 3.24. The van der Waals surface area contributed by atoms with Crippen LogP contribution in [-0.4, -0.2) is 16.9 Å². The lowest BCUT2D eigenvalue weighted by atomic mass is 10.1. The standard InChI is InChI=1S/C14H15BrFN3O2/c1-8(9-4-5-12(21-3)10(16)6-9)18-11-7-17-19(2)14(20)13(11)15/h4-8,18H,1-3H3. The average molecular weight is 356 g/mol. The molecule has 2 rings (SSSR count). The van der Waals surface area contributed by atoms with Gasteiger partial charge in [0.1, 0.15) is 4.47 Å². The van der Waals surface area contributed by atoms with Gasteiger partial charge in [0.15, 0.2) is 11.6 Å². The summed E-state index contributed by atoms with van der Waals surface area (Å²) in [5.41, 5.74) is 1.05. The summed E-state index contributed by atoms with van der Waals surface area (Å²) < 4.78 is 20.2. The van der Waals surface area contributed by atoms with E-state index in [1.54, 1.807) is 25.4 Å². The fraction of sp³-hybridized carbons (Fsp3) is 0.286. The predicted octanol–water partition coefficient (Wildman–Crippen LogP) is 2.86. The summed E-state index contributed by atoms with van der Waals surface area (Å²) >= 11 is 3.24. The molecule has 0 spiro atoms. The van der Waals surface area contributed by atoms with E-state index in [1.165, 1.54) is 17.9 Å². The minimum atomic E-state index is -0.426. The second-order valence-corrected chi connectivity index (χ2v) is 5.35. The molecule has 0 bridgehead atoms. The van der Waals surface area contributed by atoms with Crippen molar-refractivity contribution in [3.63, 3.8) is 0 Å². The fourth-order valence-corrected chi connectivity index (χ4v) is 2.35. The molecule has 1 heterocycles. The summed E-state index contributed by atoms with van der Waals surface area (Å²) in [6.45, 7) is 1.87. The van der Waals surface area contributed by atoms with Gasteiger partial charge >= 0.3 is 0 Å². The number of aromatic nitrogens is 2. The summed E-state index contributed by atoms with van der Waals surface area (Å²) in [6.07, 6.45) is 1.54. The van der Waals surface area contributed by atoms with Gasteiger partial charge in [0.2, 0.25) is 0 Å². The van der Waals surface area contributed by atoms with E-state index in [-0.39, 0.29) is 17.4 Å². The van der Waals surface area contributed by atoms with Crippen molar-refractivity contribution in [3.05, 3.63) is 50.6 Å². The SMILES string of the molecule is COc1ccc(C(C)Nc2cnn(C)c(=O)c2Br)cc1F. The number of nitrogens with one attached hydrogen (secondary N) is 1. The molecule has 112 valence electrons. The monoisotopic (exact) mass is 355 g/mol. The van der Waals surface area contributed by atoms with Gasteiger partial charge in [-0.25, -0.2) is 9.07 Å². The molecular formula is C14H15BrFN3O2. The van der Waals surface area contributed by atoms with Crippen LogP contribution in [0.25, 0.3) is 0 Å². The van der Waals surface area contributed by atoms with E-state index in [1.807, 2.05) is 6.92 Å². The Bertz CT molecular complexity index is 718. The van der Waals surface area contributed by atoms with Crippen LogP contribution in [-0.2, 0) is 7.05 Å². The first-order valence-electron chi connectivity index (χ1n) is 6.25. The Morgan fingerprint density at radius 2 is 2.19 bits per heavy atom. The maximum atomic E-state index is 13.7. The van der Waals surface area contributed by atoms with E-state index in [9.17, 15) is 9.18 Å². The van der Waals surface area contributed by atoms with Crippen molar-refractivity contribution < 1.29 is 9.13 Å². The van der Waals surface area contributed by atoms with Crippen LogP contribution in [0.2, 0.25) is 0 Å². The van der Waals surface area contributed by atoms with Crippen molar-refractivity contribution in [1.82, 2.24) is 9.78 Å². The quantitative estimate of drug-likeness (QED) is 0.915. The number of rotatable bonds is 4. The van der Waals surface area contributed by atoms with Gasteiger partial charge in [0, 0.05) is 13.1 Å². The van der Waals surface area contributed by atoms with Crippen molar-refractivity contribution >= 4 is 21.6 Å². The van der Waals surface area contributed by atoms with Crippen molar-refractivity contribution in [2.24, 2.45) is 7.05 Å². The molecule has 0 saturated heterocycles. The fourth-order valence-electron chi connectivity index (χ4n) is 1.88. The molecule has 0 aliphatic carbocycles. The summed E-state index contributed by atoms with van der Waals surface area (Å²) in [7, 11) is 2.99. The maximum Gasteiger partial charge on any atom is 0.282 e. The van der Waals surface area contributed by atoms with E-state index in [0.29, 0.717) is 10.2 Å². The molecule has 0 saturated carbocycles. The van der Waals surface area contributed by atoms with Crippen LogP contribution in [0.4, 0.5) is 10.1 Å². The molecule has 0 amide bonds. The number of hydrogen-bond donors (Lipinski definition) is 1. The molecule has 0 radical (unpaired) electrons. The lowest BCUT2D eigenvalue weighted by molar-refractivity contribution is 0.386. The highest BCUT2D eigenvalue weighted by atomic mass is 79.9. The largest absolute Gasteiger partial charge is 0.494 e. The Morgan fingerprint density at radius 3 is 2.81 bits per heavy atom. The number of hydrogen-bond acceptors (Lipinski definition) is 4. The summed E-state index contributed by atoms with van der Waals surface area (Å²) in [6, 6.07) is 4.54. The van der Waals surface area contributed by atoms with Crippen LogP contribution in [0.1, 0.15) is 18.5 Å². The van der Waals surface area contributed by atoms with Crippen LogP contribution >= 0.6 is 15.9 Å². The number of anilines is 1. The Hall–Kier alpha value is -1.89. The van der Waals surface area contributed by atoms with E-state index in [4.69, 9.17) is 4.74 Å². The van der Waals surface area contributed by atoms with E-state index < -0.39 is 5.82 Å². The molecular weight excluding hydrogens is 341 g/mol. The topological polar surface area (TPSA) is 56.1 Å². The first-order chi connectivity index (χ1) is 9.93. The van der Waals surface area contributed by atoms with Crippen molar-refractivity contribution in [3.8, 4) is 5.75 Å². The van der Waals surface area contributed by atoms with Crippen molar-refractivity contribution in [2.45, 2.75) is 13.0 Å². The Balaban J connectivity index is 2.26. The van der Waals surface area contributed by atoms with Gasteiger partial charge in [-0.1, -0.05) is 6.07 Å². The summed E-state index contributed by atoms with van der Waals surface area (Å²) in [5.74, 6) is -0.229. The maximum absolute atomic E-state index is 13.7. The van der Waals surface area contributed by atoms with E-state index in [2.05, 4.69) is 26.3 Å². The van der Waals surface area contributed by atoms with Crippen LogP contribution < -0.4 is 15.6 Å². The first-order valence-corrected chi connectivity index (χ1v) is 7.05. The van der Waals surface area contributed by atoms with E-state index in [0.717, 1.165) is 5.56 Å². The van der Waals surface area contributed by atoms with Crippen molar-refractivity contribution in [2.75, 3.05) is 12.4 Å². The third-order valence-corrected chi connectivity index (χ3v) is 3.89. The molecule has 7 heteroatoms. The minimum absolute atomic E-state index is 0.197. The number of aryl methyl sites for hydroxylation is 1. The molecule has 0 aliphatic rings. The molecule has 21 heavy (non-hydrogen) atoms. The molecule has 1 aromatic heterocycles. The Labute approximate surface area is 129 Å². The first kappa shape index (κ1) is 15.5. The minimum Gasteiger partial charge on any atom is -0.494 e. The van der Waals surface area contributed by atoms with Crippen LogP contribution in [0.5, 0.6) is 5.75 Å². The highest BCUT2D eigenvalue weighted by molar-refractivity contribution is 9.10. The van der Waals surface area contributed by atoms with Gasteiger partial charge in [-0.3, -0.25) is 4.79 Å². The Kier molecular flexibility index (Phi) is 4.62. The Morgan fingerprint density at radius 1 is 1.48 bits per heavy atom. The molecule has 0 aliphatic heterocycles. The highest BCUT2D eigenvalue weighted by Gasteiger charge is 2.13. The molecule has 1 aromatic carbocycles. The lowest BCUT2D eigenvalue weighted by Crippen LogP contribution is -2.22. The highest BCUT2D eigenvalue weighted by Crippen LogP contribution is 2.26. The van der Waals surface area contributed by atoms with E-state index >= 15 is 0 Å². The lowest BCUT2D eigenvalue weighted by Gasteiger charge is -2.17. The second-order valence-electron chi connectivity index (χ2n) is 4.56. The third-order valence-electron chi connectivity index (χ3n) is 3.13. The normalized spacial score (nSPS) is 12.0. The molecule has 5 nitrogen and oxygen atoms in total. The molecule has 1 unspecified atom stereocenters. The molecule has 0 fully saturated rings. The van der Waals surface area contributed by atoms with Gasteiger partial charge in [-0.05, 0) is 40.5 Å². The smallest absolute Gasteiger partial charge is 0.282 e. The zero-order chi connectivity index (χ0) is 15.6. The van der Waals surface area contributed by atoms with Crippen LogP contribution in [0, 0.1) is 5.82 Å². The van der Waals surface area contributed by atoms with Gasteiger partial charge < -0.3 is 10.1 Å². The van der Waals surface area contributed by atoms with Gasteiger partial charge in [-0.15, -0.1) is 0 Å². The number of methoxy groups -OCH3 is 1. The molecule has 1 N–H and O–H groups in total. The van der Waals surface area contributed by atoms with Gasteiger partial charge in [0.05, 0.1) is 19.0 Å². The number of ether oxygens (including phenoxy) is 1. The number of nitrogens with zero attached hydrogens (tertiary/aromatic N) is 2. The number of halogens is 2. The summed E-state index contributed by atoms with van der Waals surface area (Å²) in [4.78, 5) is 11.8.